The summed E-state index contributed by atoms with van der Waals surface area (Å²) in [6.45, 7) is 0. The van der Waals surface area contributed by atoms with E-state index in [1.807, 2.05) is 0 Å². The number of ether oxygens (including phenoxy) is 1. The SMILES string of the molecule is COc1cc(/C=C/C(=O)CC(=O)/C=C/c2ccc(O)c(O)c2N)ccc1O. The minimum absolute atomic E-state index is 0.0131. The molecule has 0 aromatic heterocycles. The van der Waals surface area contributed by atoms with Crippen molar-refractivity contribution >= 4 is 29.4 Å². The van der Waals surface area contributed by atoms with Gasteiger partial charge in [0.05, 0.1) is 19.2 Å². The summed E-state index contributed by atoms with van der Waals surface area (Å²) in [5.41, 5.74) is 6.55. The molecule has 27 heavy (non-hydrogen) atoms. The predicted molar refractivity (Wildman–Crippen MR) is 102 cm³/mol. The number of rotatable bonds is 7. The molecule has 140 valence electrons. The molecule has 7 nitrogen and oxygen atoms in total. The van der Waals surface area contributed by atoms with E-state index in [0.717, 1.165) is 0 Å². The molecule has 0 atom stereocenters. The molecule has 0 aliphatic heterocycles. The predicted octanol–water partition coefficient (Wildman–Crippen LogP) is 2.65. The molecule has 0 aliphatic rings. The number of nitrogen functional groups attached to an aromatic ring is 1. The van der Waals surface area contributed by atoms with Crippen LogP contribution in [0.15, 0.2) is 42.5 Å². The highest BCUT2D eigenvalue weighted by Gasteiger charge is 2.08. The summed E-state index contributed by atoms with van der Waals surface area (Å²) in [6.07, 6.45) is 4.97. The van der Waals surface area contributed by atoms with Gasteiger partial charge >= 0.3 is 0 Å². The first kappa shape index (κ1) is 19.6. The Kier molecular flexibility index (Phi) is 6.22. The lowest BCUT2D eigenvalue weighted by atomic mass is 10.1. The monoisotopic (exact) mass is 369 g/mol. The Balaban J connectivity index is 1.99. The molecule has 0 aliphatic carbocycles. The standard InChI is InChI=1S/C20H19NO6/c1-27-18-10-12(3-8-16(18)24)2-6-14(22)11-15(23)7-4-13-5-9-17(25)20(26)19(13)21/h2-10,24-26H,11,21H2,1H3/b6-2+,7-4+. The Labute approximate surface area is 155 Å². The third-order valence-corrected chi connectivity index (χ3v) is 3.69. The fourth-order valence-electron chi connectivity index (χ4n) is 2.22. The van der Waals surface area contributed by atoms with Crippen molar-refractivity contribution in [3.63, 3.8) is 0 Å². The molecule has 0 radical (unpaired) electrons. The normalized spacial score (nSPS) is 11.1. The summed E-state index contributed by atoms with van der Waals surface area (Å²) >= 11 is 0. The Morgan fingerprint density at radius 2 is 1.63 bits per heavy atom. The van der Waals surface area contributed by atoms with Gasteiger partial charge in [-0.2, -0.15) is 0 Å². The van der Waals surface area contributed by atoms with Crippen LogP contribution >= 0.6 is 0 Å². The lowest BCUT2D eigenvalue weighted by Gasteiger charge is -2.04. The van der Waals surface area contributed by atoms with Crippen molar-refractivity contribution in [1.29, 1.82) is 0 Å². The molecule has 2 rings (SSSR count). The number of carbonyl (C=O) groups is 2. The molecule has 0 saturated carbocycles. The van der Waals surface area contributed by atoms with Crippen molar-refractivity contribution in [3.05, 3.63) is 53.6 Å². The number of hydrogen-bond donors (Lipinski definition) is 4. The molecule has 5 N–H and O–H groups in total. The number of allylic oxidation sites excluding steroid dienone is 2. The zero-order valence-corrected chi connectivity index (χ0v) is 14.5. The second-order valence-electron chi connectivity index (χ2n) is 5.64. The van der Waals surface area contributed by atoms with Crippen LogP contribution in [0.2, 0.25) is 0 Å². The largest absolute Gasteiger partial charge is 0.504 e. The fourth-order valence-corrected chi connectivity index (χ4v) is 2.22. The average molecular weight is 369 g/mol. The van der Waals surface area contributed by atoms with E-state index in [4.69, 9.17) is 10.5 Å². The number of nitrogens with two attached hydrogens (primary N) is 1. The summed E-state index contributed by atoms with van der Waals surface area (Å²) in [6, 6.07) is 7.28. The van der Waals surface area contributed by atoms with E-state index in [-0.39, 0.29) is 29.4 Å². The van der Waals surface area contributed by atoms with Crippen LogP contribution in [0.3, 0.4) is 0 Å². The quantitative estimate of drug-likeness (QED) is 0.255. The average Bonchev–Trinajstić information content (AvgIpc) is 2.65. The lowest BCUT2D eigenvalue weighted by Crippen LogP contribution is -2.02. The van der Waals surface area contributed by atoms with Crippen LogP contribution in [-0.4, -0.2) is 34.0 Å². The first-order valence-corrected chi connectivity index (χ1v) is 7.91. The number of phenols is 3. The van der Waals surface area contributed by atoms with Crippen molar-refractivity contribution in [2.45, 2.75) is 6.42 Å². The van der Waals surface area contributed by atoms with Crippen LogP contribution in [0.5, 0.6) is 23.0 Å². The second kappa shape index (κ2) is 8.57. The topological polar surface area (TPSA) is 130 Å². The third kappa shape index (κ3) is 5.12. The highest BCUT2D eigenvalue weighted by Crippen LogP contribution is 2.34. The van der Waals surface area contributed by atoms with Gasteiger partial charge in [0, 0.05) is 5.56 Å². The van der Waals surface area contributed by atoms with Crippen LogP contribution in [0.25, 0.3) is 12.2 Å². The second-order valence-corrected chi connectivity index (χ2v) is 5.64. The highest BCUT2D eigenvalue weighted by molar-refractivity contribution is 6.11. The maximum Gasteiger partial charge on any atom is 0.181 e. The molecule has 0 saturated heterocycles. The Morgan fingerprint density at radius 1 is 1.00 bits per heavy atom. The number of benzene rings is 2. The first-order chi connectivity index (χ1) is 12.8. The zero-order chi connectivity index (χ0) is 20.0. The molecule has 2 aromatic rings. The number of hydrogen-bond acceptors (Lipinski definition) is 7. The summed E-state index contributed by atoms with van der Waals surface area (Å²) < 4.78 is 4.98. The van der Waals surface area contributed by atoms with Gasteiger partial charge in [-0.05, 0) is 48.1 Å². The lowest BCUT2D eigenvalue weighted by molar-refractivity contribution is -0.121. The maximum absolute atomic E-state index is 11.9. The molecule has 2 aromatic carbocycles. The van der Waals surface area contributed by atoms with Gasteiger partial charge in [0.2, 0.25) is 0 Å². The summed E-state index contributed by atoms with van der Waals surface area (Å²) in [4.78, 5) is 23.8. The molecule has 0 amide bonds. The van der Waals surface area contributed by atoms with Crippen LogP contribution in [0, 0.1) is 0 Å². The number of phenolic OH excluding ortho intramolecular Hbond substituents is 3. The smallest absolute Gasteiger partial charge is 0.181 e. The van der Waals surface area contributed by atoms with E-state index < -0.39 is 17.3 Å². The summed E-state index contributed by atoms with van der Waals surface area (Å²) in [5, 5.41) is 28.4. The van der Waals surface area contributed by atoms with Gasteiger partial charge in [-0.25, -0.2) is 0 Å². The number of ketones is 2. The molecule has 0 unspecified atom stereocenters. The highest BCUT2D eigenvalue weighted by atomic mass is 16.5. The maximum atomic E-state index is 11.9. The molecule has 0 heterocycles. The number of methoxy groups -OCH3 is 1. The van der Waals surface area contributed by atoms with E-state index in [2.05, 4.69) is 0 Å². The first-order valence-electron chi connectivity index (χ1n) is 7.91. The fraction of sp³-hybridized carbons (Fsp3) is 0.100. The Hall–Kier alpha value is -3.74. The molecule has 7 heteroatoms. The Morgan fingerprint density at radius 3 is 2.30 bits per heavy atom. The Bertz CT molecular complexity index is 930. The number of carbonyl (C=O) groups excluding carboxylic acids is 2. The number of aromatic hydroxyl groups is 3. The third-order valence-electron chi connectivity index (χ3n) is 3.69. The molecule has 0 spiro atoms. The van der Waals surface area contributed by atoms with Gasteiger partial charge in [-0.3, -0.25) is 9.59 Å². The molecular weight excluding hydrogens is 350 g/mol. The number of anilines is 1. The van der Waals surface area contributed by atoms with E-state index in [0.29, 0.717) is 11.1 Å². The van der Waals surface area contributed by atoms with E-state index >= 15 is 0 Å². The van der Waals surface area contributed by atoms with Crippen LogP contribution in [0.4, 0.5) is 5.69 Å². The summed E-state index contributed by atoms with van der Waals surface area (Å²) in [7, 11) is 1.42. The van der Waals surface area contributed by atoms with Crippen LogP contribution < -0.4 is 10.5 Å². The van der Waals surface area contributed by atoms with Crippen LogP contribution in [0.1, 0.15) is 17.5 Å². The van der Waals surface area contributed by atoms with Gasteiger partial charge in [-0.1, -0.05) is 12.1 Å². The van der Waals surface area contributed by atoms with Gasteiger partial charge in [0.25, 0.3) is 0 Å². The van der Waals surface area contributed by atoms with Gasteiger partial charge < -0.3 is 25.8 Å². The van der Waals surface area contributed by atoms with Gasteiger partial charge in [-0.15, -0.1) is 0 Å². The molecule has 0 bridgehead atoms. The minimum atomic E-state index is -0.465. The van der Waals surface area contributed by atoms with Crippen LogP contribution in [-0.2, 0) is 9.59 Å². The summed E-state index contributed by atoms with van der Waals surface area (Å²) in [5.74, 6) is -1.41. The van der Waals surface area contributed by atoms with E-state index in [1.165, 1.54) is 49.6 Å². The van der Waals surface area contributed by atoms with Crippen molar-refractivity contribution in [3.8, 4) is 23.0 Å². The van der Waals surface area contributed by atoms with Crippen molar-refractivity contribution in [1.82, 2.24) is 0 Å². The zero-order valence-electron chi connectivity index (χ0n) is 14.5. The van der Waals surface area contributed by atoms with E-state index in [1.54, 1.807) is 12.1 Å². The van der Waals surface area contributed by atoms with Gasteiger partial charge in [0.15, 0.2) is 34.6 Å². The van der Waals surface area contributed by atoms with Gasteiger partial charge in [0.1, 0.15) is 0 Å². The minimum Gasteiger partial charge on any atom is -0.504 e. The molecule has 0 fully saturated rings. The van der Waals surface area contributed by atoms with Crippen molar-refractivity contribution in [2.75, 3.05) is 12.8 Å². The van der Waals surface area contributed by atoms with Crippen molar-refractivity contribution < 1.29 is 29.6 Å². The van der Waals surface area contributed by atoms with E-state index in [9.17, 15) is 24.9 Å². The molecular formula is C20H19NO6. The van der Waals surface area contributed by atoms with Crippen molar-refractivity contribution in [2.24, 2.45) is 0 Å².